The van der Waals surface area contributed by atoms with Crippen LogP contribution < -0.4 is 17.1 Å². The molecule has 0 aliphatic carbocycles. The molecular formula is C7H14ClN5O2. The molecule has 1 aromatic heterocycles. The molecule has 1 rings (SSSR count). The summed E-state index contributed by atoms with van der Waals surface area (Å²) >= 11 is 0. The summed E-state index contributed by atoms with van der Waals surface area (Å²) in [5, 5.41) is 16.2. The first-order valence-corrected chi connectivity index (χ1v) is 4.02. The first kappa shape index (κ1) is 13.7. The molecular weight excluding hydrogens is 222 g/mol. The van der Waals surface area contributed by atoms with Gasteiger partial charge < -0.3 is 16.7 Å². The van der Waals surface area contributed by atoms with Gasteiger partial charge in [0.25, 0.3) is 5.56 Å². The van der Waals surface area contributed by atoms with E-state index in [1.807, 2.05) is 0 Å². The highest BCUT2D eigenvalue weighted by Gasteiger charge is 2.26. The third kappa shape index (κ3) is 2.37. The molecule has 0 saturated heterocycles. The lowest BCUT2D eigenvalue weighted by molar-refractivity contribution is 0.212. The molecule has 0 radical (unpaired) electrons. The van der Waals surface area contributed by atoms with Crippen LogP contribution in [0.2, 0.25) is 0 Å². The molecule has 86 valence electrons. The third-order valence-electron chi connectivity index (χ3n) is 1.96. The fraction of sp³-hybridized carbons (Fsp3) is 0.571. The summed E-state index contributed by atoms with van der Waals surface area (Å²) in [6, 6.07) is 0. The number of rotatable bonds is 2. The zero-order valence-corrected chi connectivity index (χ0v) is 9.28. The Morgan fingerprint density at radius 3 is 2.47 bits per heavy atom. The Kier molecular flexibility index (Phi) is 4.06. The van der Waals surface area contributed by atoms with E-state index in [0.717, 1.165) is 0 Å². The van der Waals surface area contributed by atoms with Gasteiger partial charge in [0.2, 0.25) is 5.95 Å². The van der Waals surface area contributed by atoms with Gasteiger partial charge in [0.15, 0.2) is 0 Å². The zero-order chi connectivity index (χ0) is 10.9. The number of nitrogens with zero attached hydrogens (tertiary/aromatic N) is 3. The van der Waals surface area contributed by atoms with E-state index < -0.39 is 11.0 Å². The first-order chi connectivity index (χ1) is 6.40. The standard InChI is InChI=1S/C7H13N5O2.ClH/c1-7(2,3-13)4-5(14)12(9)6(8)11-10-4;/h13H,3,9H2,1-2H3,(H2,8,11);1H. The van der Waals surface area contributed by atoms with Crippen LogP contribution in [0.4, 0.5) is 5.95 Å². The summed E-state index contributed by atoms with van der Waals surface area (Å²) in [5.41, 5.74) is 4.05. The Balaban J connectivity index is 0.00000196. The summed E-state index contributed by atoms with van der Waals surface area (Å²) in [7, 11) is 0. The van der Waals surface area contributed by atoms with E-state index in [1.54, 1.807) is 13.8 Å². The summed E-state index contributed by atoms with van der Waals surface area (Å²) in [6.07, 6.45) is 0. The van der Waals surface area contributed by atoms with Gasteiger partial charge in [-0.3, -0.25) is 4.79 Å². The third-order valence-corrected chi connectivity index (χ3v) is 1.96. The summed E-state index contributed by atoms with van der Waals surface area (Å²) < 4.78 is 0.708. The Morgan fingerprint density at radius 2 is 2.00 bits per heavy atom. The average molecular weight is 236 g/mol. The van der Waals surface area contributed by atoms with Gasteiger partial charge in [-0.05, 0) is 0 Å². The number of hydrogen-bond acceptors (Lipinski definition) is 6. The number of aliphatic hydroxyl groups is 1. The summed E-state index contributed by atoms with van der Waals surface area (Å²) in [5.74, 6) is 5.17. The number of nitrogens with two attached hydrogens (primary N) is 2. The maximum atomic E-state index is 11.5. The van der Waals surface area contributed by atoms with Crippen molar-refractivity contribution >= 4 is 18.4 Å². The minimum Gasteiger partial charge on any atom is -0.395 e. The van der Waals surface area contributed by atoms with Gasteiger partial charge in [-0.2, -0.15) is 4.68 Å². The van der Waals surface area contributed by atoms with E-state index in [-0.39, 0.29) is 30.7 Å². The van der Waals surface area contributed by atoms with E-state index in [4.69, 9.17) is 16.7 Å². The van der Waals surface area contributed by atoms with Crippen molar-refractivity contribution in [3.05, 3.63) is 16.0 Å². The summed E-state index contributed by atoms with van der Waals surface area (Å²) in [6.45, 7) is 3.10. The summed E-state index contributed by atoms with van der Waals surface area (Å²) in [4.78, 5) is 11.5. The molecule has 1 heterocycles. The molecule has 8 heteroatoms. The Hall–Kier alpha value is -1.34. The monoisotopic (exact) mass is 235 g/mol. The molecule has 0 aliphatic rings. The van der Waals surface area contributed by atoms with Crippen molar-refractivity contribution in [3.63, 3.8) is 0 Å². The fourth-order valence-electron chi connectivity index (χ4n) is 0.910. The molecule has 7 nitrogen and oxygen atoms in total. The van der Waals surface area contributed by atoms with Crippen molar-refractivity contribution in [3.8, 4) is 0 Å². The highest BCUT2D eigenvalue weighted by atomic mass is 35.5. The topological polar surface area (TPSA) is 120 Å². The molecule has 5 N–H and O–H groups in total. The van der Waals surface area contributed by atoms with Crippen LogP contribution in [0.5, 0.6) is 0 Å². The lowest BCUT2D eigenvalue weighted by Gasteiger charge is -2.19. The minimum absolute atomic E-state index is 0. The fourth-order valence-corrected chi connectivity index (χ4v) is 0.910. The predicted molar refractivity (Wildman–Crippen MR) is 58.2 cm³/mol. The van der Waals surface area contributed by atoms with Crippen LogP contribution in [0.25, 0.3) is 0 Å². The molecule has 0 spiro atoms. The van der Waals surface area contributed by atoms with E-state index in [9.17, 15) is 4.79 Å². The van der Waals surface area contributed by atoms with Gasteiger partial charge >= 0.3 is 0 Å². The quantitative estimate of drug-likeness (QED) is 0.544. The number of aromatic nitrogens is 3. The molecule has 0 atom stereocenters. The van der Waals surface area contributed by atoms with Crippen molar-refractivity contribution < 1.29 is 5.11 Å². The zero-order valence-electron chi connectivity index (χ0n) is 8.47. The molecule has 0 aliphatic heterocycles. The van der Waals surface area contributed by atoms with Gasteiger partial charge in [0, 0.05) is 5.41 Å². The lowest BCUT2D eigenvalue weighted by Crippen LogP contribution is -2.40. The van der Waals surface area contributed by atoms with Gasteiger partial charge in [0.1, 0.15) is 5.69 Å². The van der Waals surface area contributed by atoms with Gasteiger partial charge in [-0.1, -0.05) is 13.8 Å². The Labute approximate surface area is 92.5 Å². The van der Waals surface area contributed by atoms with Crippen LogP contribution >= 0.6 is 12.4 Å². The molecule has 1 aromatic rings. The predicted octanol–water partition coefficient (Wildman–Crippen LogP) is -1.37. The number of halogens is 1. The number of anilines is 1. The molecule has 0 amide bonds. The van der Waals surface area contributed by atoms with Gasteiger partial charge in [-0.25, -0.2) is 0 Å². The van der Waals surface area contributed by atoms with Gasteiger partial charge in [0.05, 0.1) is 6.61 Å². The van der Waals surface area contributed by atoms with Crippen LogP contribution in [0.1, 0.15) is 19.5 Å². The smallest absolute Gasteiger partial charge is 0.296 e. The minimum atomic E-state index is -0.779. The molecule has 15 heavy (non-hydrogen) atoms. The number of nitrogen functional groups attached to an aromatic ring is 2. The molecule has 0 aromatic carbocycles. The van der Waals surface area contributed by atoms with Crippen molar-refractivity contribution in [2.24, 2.45) is 0 Å². The second-order valence-electron chi connectivity index (χ2n) is 3.62. The highest BCUT2D eigenvalue weighted by molar-refractivity contribution is 5.85. The molecule has 0 fully saturated rings. The highest BCUT2D eigenvalue weighted by Crippen LogP contribution is 2.15. The SMILES string of the molecule is CC(C)(CO)c1nnc(N)n(N)c1=O.Cl. The normalized spacial score (nSPS) is 10.9. The van der Waals surface area contributed by atoms with Crippen LogP contribution in [-0.2, 0) is 5.41 Å². The number of hydrogen-bond donors (Lipinski definition) is 3. The molecule has 0 bridgehead atoms. The number of aliphatic hydroxyl groups excluding tert-OH is 1. The van der Waals surface area contributed by atoms with Crippen molar-refractivity contribution in [2.45, 2.75) is 19.3 Å². The first-order valence-electron chi connectivity index (χ1n) is 4.02. The average Bonchev–Trinajstić information content (AvgIpc) is 2.14. The van der Waals surface area contributed by atoms with Crippen molar-refractivity contribution in [1.82, 2.24) is 14.9 Å². The molecule has 0 saturated carbocycles. The van der Waals surface area contributed by atoms with E-state index in [2.05, 4.69) is 10.2 Å². The second-order valence-corrected chi connectivity index (χ2v) is 3.62. The lowest BCUT2D eigenvalue weighted by atomic mass is 9.91. The maximum absolute atomic E-state index is 11.5. The maximum Gasteiger partial charge on any atom is 0.296 e. The van der Waals surface area contributed by atoms with Crippen molar-refractivity contribution in [2.75, 3.05) is 18.2 Å². The van der Waals surface area contributed by atoms with Gasteiger partial charge in [-0.15, -0.1) is 22.6 Å². The van der Waals surface area contributed by atoms with E-state index in [1.165, 1.54) is 0 Å². The molecule has 0 unspecified atom stereocenters. The van der Waals surface area contributed by atoms with E-state index >= 15 is 0 Å². The second kappa shape index (κ2) is 4.45. The van der Waals surface area contributed by atoms with Crippen LogP contribution in [0.3, 0.4) is 0 Å². The van der Waals surface area contributed by atoms with Crippen LogP contribution in [0, 0.1) is 0 Å². The van der Waals surface area contributed by atoms with Crippen molar-refractivity contribution in [1.29, 1.82) is 0 Å². The Bertz CT molecular complexity index is 403. The van der Waals surface area contributed by atoms with Crippen LogP contribution in [0.15, 0.2) is 4.79 Å². The van der Waals surface area contributed by atoms with E-state index in [0.29, 0.717) is 4.68 Å². The Morgan fingerprint density at radius 1 is 1.47 bits per heavy atom. The van der Waals surface area contributed by atoms with Crippen LogP contribution in [-0.4, -0.2) is 26.6 Å². The largest absolute Gasteiger partial charge is 0.395 e.